The average Bonchev–Trinajstić information content (AvgIpc) is 2.23. The van der Waals surface area contributed by atoms with Gasteiger partial charge < -0.3 is 11.1 Å². The van der Waals surface area contributed by atoms with Crippen molar-refractivity contribution in [1.29, 1.82) is 0 Å². The topological polar surface area (TPSA) is 38.0 Å². The smallest absolute Gasteiger partial charge is 0.0318 e. The maximum atomic E-state index is 5.76. The summed E-state index contributed by atoms with van der Waals surface area (Å²) in [5, 5.41) is 3.48. The molecule has 90 valence electrons. The van der Waals surface area contributed by atoms with Crippen LogP contribution in [0.3, 0.4) is 0 Å². The Balaban J connectivity index is 2.52. The van der Waals surface area contributed by atoms with E-state index in [0.717, 1.165) is 23.2 Å². The van der Waals surface area contributed by atoms with Crippen LogP contribution in [0.5, 0.6) is 0 Å². The maximum Gasteiger partial charge on any atom is 0.0318 e. The molecule has 0 unspecified atom stereocenters. The molecule has 0 aliphatic rings. The van der Waals surface area contributed by atoms with Crippen molar-refractivity contribution in [3.05, 3.63) is 28.2 Å². The second-order valence-corrected chi connectivity index (χ2v) is 5.83. The predicted molar refractivity (Wildman–Crippen MR) is 74.3 cm³/mol. The number of hydrogen-bond acceptors (Lipinski definition) is 2. The Hall–Kier alpha value is -0.540. The van der Waals surface area contributed by atoms with Crippen molar-refractivity contribution in [3.63, 3.8) is 0 Å². The van der Waals surface area contributed by atoms with Gasteiger partial charge in [0.2, 0.25) is 0 Å². The van der Waals surface area contributed by atoms with E-state index in [1.807, 2.05) is 18.2 Å². The summed E-state index contributed by atoms with van der Waals surface area (Å²) >= 11 is 3.53. The Morgan fingerprint density at radius 3 is 2.69 bits per heavy atom. The van der Waals surface area contributed by atoms with Gasteiger partial charge in [0.05, 0.1) is 0 Å². The number of anilines is 1. The summed E-state index contributed by atoms with van der Waals surface area (Å²) in [6.07, 6.45) is 1.18. The highest BCUT2D eigenvalue weighted by molar-refractivity contribution is 9.10. The minimum atomic E-state index is 0.354. The van der Waals surface area contributed by atoms with Crippen molar-refractivity contribution in [2.75, 3.05) is 12.3 Å². The third-order valence-electron chi connectivity index (χ3n) is 2.95. The van der Waals surface area contributed by atoms with E-state index in [1.54, 1.807) is 0 Å². The Labute approximate surface area is 107 Å². The Morgan fingerprint density at radius 2 is 2.06 bits per heavy atom. The fraction of sp³-hybridized carbons (Fsp3) is 0.538. The first-order chi connectivity index (χ1) is 7.44. The van der Waals surface area contributed by atoms with Crippen molar-refractivity contribution in [2.24, 2.45) is 5.41 Å². The summed E-state index contributed by atoms with van der Waals surface area (Å²) in [7, 11) is 0. The molecule has 0 heterocycles. The molecule has 0 aliphatic carbocycles. The zero-order valence-electron chi connectivity index (χ0n) is 10.3. The molecule has 0 atom stereocenters. The van der Waals surface area contributed by atoms with Crippen LogP contribution in [0.1, 0.15) is 32.8 Å². The van der Waals surface area contributed by atoms with Gasteiger partial charge in [-0.15, -0.1) is 0 Å². The average molecular weight is 285 g/mol. The lowest BCUT2D eigenvalue weighted by Gasteiger charge is -2.23. The van der Waals surface area contributed by atoms with E-state index in [-0.39, 0.29) is 0 Å². The zero-order valence-corrected chi connectivity index (χ0v) is 11.9. The molecule has 1 rings (SSSR count). The fourth-order valence-corrected chi connectivity index (χ4v) is 1.78. The van der Waals surface area contributed by atoms with Crippen LogP contribution < -0.4 is 11.1 Å². The third kappa shape index (κ3) is 4.14. The molecule has 0 bridgehead atoms. The molecular formula is C13H21BrN2. The van der Waals surface area contributed by atoms with Gasteiger partial charge in [0.15, 0.2) is 0 Å². The number of benzene rings is 1. The molecule has 0 aliphatic heterocycles. The monoisotopic (exact) mass is 284 g/mol. The van der Waals surface area contributed by atoms with Gasteiger partial charge in [-0.1, -0.05) is 36.7 Å². The van der Waals surface area contributed by atoms with Gasteiger partial charge >= 0.3 is 0 Å². The highest BCUT2D eigenvalue weighted by Gasteiger charge is 2.14. The molecule has 0 radical (unpaired) electrons. The first-order valence-electron chi connectivity index (χ1n) is 5.69. The fourth-order valence-electron chi connectivity index (χ4n) is 1.39. The predicted octanol–water partition coefficient (Wildman–Crippen LogP) is 3.56. The standard InChI is InChI=1S/C13H21BrN2/c1-4-13(2,3)9-16-8-10-7-11(15)5-6-12(10)14/h5-7,16H,4,8-9,15H2,1-3H3. The van der Waals surface area contributed by atoms with Crippen molar-refractivity contribution in [1.82, 2.24) is 5.32 Å². The van der Waals surface area contributed by atoms with Crippen LogP contribution in [0.25, 0.3) is 0 Å². The number of rotatable bonds is 5. The second kappa shape index (κ2) is 5.69. The number of nitrogen functional groups attached to an aromatic ring is 1. The minimum Gasteiger partial charge on any atom is -0.399 e. The molecule has 0 aromatic heterocycles. The second-order valence-electron chi connectivity index (χ2n) is 4.97. The molecule has 16 heavy (non-hydrogen) atoms. The lowest BCUT2D eigenvalue weighted by atomic mass is 9.90. The molecule has 1 aromatic rings. The van der Waals surface area contributed by atoms with Gasteiger partial charge in [0, 0.05) is 23.2 Å². The molecule has 0 amide bonds. The number of nitrogens with one attached hydrogen (secondary N) is 1. The Kier molecular flexibility index (Phi) is 4.81. The summed E-state index contributed by atoms with van der Waals surface area (Å²) in [6.45, 7) is 8.64. The van der Waals surface area contributed by atoms with Crippen molar-refractivity contribution in [3.8, 4) is 0 Å². The van der Waals surface area contributed by atoms with Gasteiger partial charge in [-0.2, -0.15) is 0 Å². The van der Waals surface area contributed by atoms with E-state index in [0.29, 0.717) is 5.41 Å². The summed E-state index contributed by atoms with van der Waals surface area (Å²) in [5.74, 6) is 0. The quantitative estimate of drug-likeness (QED) is 0.812. The van der Waals surface area contributed by atoms with Crippen LogP contribution in [0, 0.1) is 5.41 Å². The van der Waals surface area contributed by atoms with Gasteiger partial charge in [0.1, 0.15) is 0 Å². The zero-order chi connectivity index (χ0) is 12.2. The van der Waals surface area contributed by atoms with Crippen LogP contribution in [0.4, 0.5) is 5.69 Å². The number of halogens is 1. The number of nitrogens with two attached hydrogens (primary N) is 1. The van der Waals surface area contributed by atoms with E-state index in [4.69, 9.17) is 5.73 Å². The highest BCUT2D eigenvalue weighted by atomic mass is 79.9. The van der Waals surface area contributed by atoms with Crippen LogP contribution in [0.15, 0.2) is 22.7 Å². The molecule has 0 saturated carbocycles. The highest BCUT2D eigenvalue weighted by Crippen LogP contribution is 2.21. The first-order valence-corrected chi connectivity index (χ1v) is 6.48. The van der Waals surface area contributed by atoms with Crippen LogP contribution >= 0.6 is 15.9 Å². The molecule has 2 nitrogen and oxygen atoms in total. The molecule has 1 aromatic carbocycles. The van der Waals surface area contributed by atoms with E-state index in [9.17, 15) is 0 Å². The summed E-state index contributed by atoms with van der Waals surface area (Å²) in [4.78, 5) is 0. The largest absolute Gasteiger partial charge is 0.399 e. The van der Waals surface area contributed by atoms with Crippen molar-refractivity contribution in [2.45, 2.75) is 33.7 Å². The summed E-state index contributed by atoms with van der Waals surface area (Å²) in [5.41, 5.74) is 8.15. The minimum absolute atomic E-state index is 0.354. The van der Waals surface area contributed by atoms with E-state index in [1.165, 1.54) is 12.0 Å². The van der Waals surface area contributed by atoms with Gasteiger partial charge in [-0.05, 0) is 35.6 Å². The third-order valence-corrected chi connectivity index (χ3v) is 3.72. The van der Waals surface area contributed by atoms with E-state index in [2.05, 4.69) is 42.0 Å². The molecular weight excluding hydrogens is 264 g/mol. The number of hydrogen-bond donors (Lipinski definition) is 2. The normalized spacial score (nSPS) is 11.8. The molecule has 0 spiro atoms. The summed E-state index contributed by atoms with van der Waals surface area (Å²) < 4.78 is 1.11. The van der Waals surface area contributed by atoms with Gasteiger partial charge in [-0.25, -0.2) is 0 Å². The first kappa shape index (κ1) is 13.5. The SMILES string of the molecule is CCC(C)(C)CNCc1cc(N)ccc1Br. The Morgan fingerprint density at radius 1 is 1.38 bits per heavy atom. The van der Waals surface area contributed by atoms with Crippen molar-refractivity contribution < 1.29 is 0 Å². The van der Waals surface area contributed by atoms with Crippen LogP contribution in [-0.2, 0) is 6.54 Å². The lowest BCUT2D eigenvalue weighted by Crippen LogP contribution is -2.28. The molecule has 0 saturated heterocycles. The van der Waals surface area contributed by atoms with Gasteiger partial charge in [-0.3, -0.25) is 0 Å². The molecule has 0 fully saturated rings. The summed E-state index contributed by atoms with van der Waals surface area (Å²) in [6, 6.07) is 5.91. The molecule has 3 heteroatoms. The van der Waals surface area contributed by atoms with Crippen LogP contribution in [0.2, 0.25) is 0 Å². The van der Waals surface area contributed by atoms with E-state index >= 15 is 0 Å². The van der Waals surface area contributed by atoms with Crippen LogP contribution in [-0.4, -0.2) is 6.54 Å². The lowest BCUT2D eigenvalue weighted by molar-refractivity contribution is 0.327. The maximum absolute atomic E-state index is 5.76. The van der Waals surface area contributed by atoms with E-state index < -0.39 is 0 Å². The van der Waals surface area contributed by atoms with Gasteiger partial charge in [0.25, 0.3) is 0 Å². The molecule has 3 N–H and O–H groups in total. The Bertz CT molecular complexity index is 348. The van der Waals surface area contributed by atoms with Crippen molar-refractivity contribution >= 4 is 21.6 Å².